The average Bonchev–Trinajstić information content (AvgIpc) is 3.02. The molecule has 17 heavy (non-hydrogen) atoms. The topological polar surface area (TPSA) is 44.0 Å². The molecule has 0 saturated heterocycles. The molecule has 3 aliphatic rings. The molecule has 3 saturated carbocycles. The molecular weight excluding hydrogens is 210 g/mol. The van der Waals surface area contributed by atoms with Crippen LogP contribution in [0.1, 0.15) is 58.3 Å². The van der Waals surface area contributed by atoms with Gasteiger partial charge in [0.2, 0.25) is 0 Å². The van der Waals surface area contributed by atoms with Gasteiger partial charge in [0.15, 0.2) is 0 Å². The van der Waals surface area contributed by atoms with Crippen LogP contribution in [0.4, 0.5) is 0 Å². The molecule has 94 valence electrons. The molecule has 5 unspecified atom stereocenters. The molecule has 0 aliphatic heterocycles. The van der Waals surface area contributed by atoms with Crippen molar-refractivity contribution in [3.63, 3.8) is 0 Å². The fourth-order valence-electron chi connectivity index (χ4n) is 5.28. The van der Waals surface area contributed by atoms with E-state index in [0.717, 1.165) is 38.0 Å². The summed E-state index contributed by atoms with van der Waals surface area (Å²) < 4.78 is 0. The number of rotatable bonds is 2. The van der Waals surface area contributed by atoms with Crippen LogP contribution in [0.25, 0.3) is 0 Å². The lowest BCUT2D eigenvalue weighted by atomic mass is 9.59. The van der Waals surface area contributed by atoms with Crippen LogP contribution >= 0.6 is 0 Å². The summed E-state index contributed by atoms with van der Waals surface area (Å²) in [5.74, 6) is 1.57. The first-order valence-electron chi connectivity index (χ1n) is 7.30. The SMILES string of the molecule is CCC1CCCC1(O)C1(C#N)CC2CCC1C2. The predicted octanol–water partition coefficient (Wildman–Crippen LogP) is 3.26. The Bertz CT molecular complexity index is 360. The van der Waals surface area contributed by atoms with Crippen LogP contribution in [-0.2, 0) is 0 Å². The Morgan fingerprint density at radius 3 is 2.71 bits per heavy atom. The third kappa shape index (κ3) is 1.30. The van der Waals surface area contributed by atoms with Gasteiger partial charge in [-0.05, 0) is 49.9 Å². The van der Waals surface area contributed by atoms with Gasteiger partial charge in [-0.25, -0.2) is 0 Å². The minimum absolute atomic E-state index is 0.362. The first kappa shape index (κ1) is 11.5. The molecule has 3 fully saturated rings. The summed E-state index contributed by atoms with van der Waals surface area (Å²) in [5.41, 5.74) is -1.07. The van der Waals surface area contributed by atoms with E-state index in [4.69, 9.17) is 0 Å². The van der Waals surface area contributed by atoms with Crippen molar-refractivity contribution >= 4 is 0 Å². The van der Waals surface area contributed by atoms with Gasteiger partial charge >= 0.3 is 0 Å². The Morgan fingerprint density at radius 1 is 1.35 bits per heavy atom. The van der Waals surface area contributed by atoms with E-state index < -0.39 is 11.0 Å². The lowest BCUT2D eigenvalue weighted by molar-refractivity contribution is -0.109. The van der Waals surface area contributed by atoms with Gasteiger partial charge in [0, 0.05) is 0 Å². The van der Waals surface area contributed by atoms with E-state index in [-0.39, 0.29) is 0 Å². The van der Waals surface area contributed by atoms with E-state index in [1.165, 1.54) is 19.3 Å². The standard InChI is InChI=1S/C15H23NO/c1-2-12-4-3-7-15(12,17)14(10-16)9-11-5-6-13(14)8-11/h11-13,17H,2-9H2,1H3. The van der Waals surface area contributed by atoms with Gasteiger partial charge < -0.3 is 5.11 Å². The Labute approximate surface area is 104 Å². The fraction of sp³-hybridized carbons (Fsp3) is 0.933. The number of aliphatic hydroxyl groups is 1. The zero-order valence-corrected chi connectivity index (χ0v) is 10.8. The highest BCUT2D eigenvalue weighted by Gasteiger charge is 2.65. The maximum atomic E-state index is 11.2. The Hall–Kier alpha value is -0.550. The maximum Gasteiger partial charge on any atom is 0.0893 e. The molecule has 3 rings (SSSR count). The fourth-order valence-corrected chi connectivity index (χ4v) is 5.28. The number of nitriles is 1. The second kappa shape index (κ2) is 3.72. The third-order valence-electron chi connectivity index (χ3n) is 6.10. The molecule has 5 atom stereocenters. The molecule has 0 aromatic heterocycles. The number of nitrogens with zero attached hydrogens (tertiary/aromatic N) is 1. The lowest BCUT2D eigenvalue weighted by Gasteiger charge is -2.46. The highest BCUT2D eigenvalue weighted by atomic mass is 16.3. The quantitative estimate of drug-likeness (QED) is 0.795. The van der Waals surface area contributed by atoms with Crippen molar-refractivity contribution < 1.29 is 5.11 Å². The number of fused-ring (bicyclic) bond motifs is 2. The van der Waals surface area contributed by atoms with Crippen LogP contribution in [-0.4, -0.2) is 10.7 Å². The van der Waals surface area contributed by atoms with Crippen molar-refractivity contribution in [1.29, 1.82) is 5.26 Å². The van der Waals surface area contributed by atoms with Crippen molar-refractivity contribution in [3.05, 3.63) is 0 Å². The number of hydrogen-bond donors (Lipinski definition) is 1. The molecule has 0 aromatic rings. The zero-order chi connectivity index (χ0) is 12.1. The van der Waals surface area contributed by atoms with Crippen LogP contribution in [0, 0.1) is 34.5 Å². The summed E-state index contributed by atoms with van der Waals surface area (Å²) in [5, 5.41) is 21.0. The number of hydrogen-bond acceptors (Lipinski definition) is 2. The summed E-state index contributed by atoms with van der Waals surface area (Å²) in [7, 11) is 0. The van der Waals surface area contributed by atoms with E-state index in [9.17, 15) is 10.4 Å². The molecule has 2 bridgehead atoms. The Kier molecular flexibility index (Phi) is 2.52. The zero-order valence-electron chi connectivity index (χ0n) is 10.8. The molecule has 0 aromatic carbocycles. The third-order valence-corrected chi connectivity index (χ3v) is 6.10. The first-order chi connectivity index (χ1) is 8.16. The summed E-state index contributed by atoms with van der Waals surface area (Å²) in [6.45, 7) is 2.17. The molecular formula is C15H23NO. The highest BCUT2D eigenvalue weighted by Crippen LogP contribution is 2.64. The lowest BCUT2D eigenvalue weighted by Crippen LogP contribution is -2.53. The summed E-state index contributed by atoms with van der Waals surface area (Å²) in [6, 6.07) is 2.61. The van der Waals surface area contributed by atoms with E-state index in [2.05, 4.69) is 13.0 Å². The van der Waals surface area contributed by atoms with Gasteiger partial charge in [-0.3, -0.25) is 0 Å². The second-order valence-corrected chi connectivity index (χ2v) is 6.58. The highest BCUT2D eigenvalue weighted by molar-refractivity contribution is 5.22. The van der Waals surface area contributed by atoms with Crippen molar-refractivity contribution in [2.75, 3.05) is 0 Å². The van der Waals surface area contributed by atoms with E-state index in [1.54, 1.807) is 0 Å². The molecule has 1 N–H and O–H groups in total. The average molecular weight is 233 g/mol. The van der Waals surface area contributed by atoms with E-state index in [1.807, 2.05) is 0 Å². The Balaban J connectivity index is 1.98. The molecule has 0 spiro atoms. The van der Waals surface area contributed by atoms with Gasteiger partial charge in [0.05, 0.1) is 17.1 Å². The largest absolute Gasteiger partial charge is 0.388 e. The summed E-state index contributed by atoms with van der Waals surface area (Å²) >= 11 is 0. The van der Waals surface area contributed by atoms with Crippen molar-refractivity contribution in [3.8, 4) is 6.07 Å². The van der Waals surface area contributed by atoms with Crippen molar-refractivity contribution in [2.24, 2.45) is 23.2 Å². The van der Waals surface area contributed by atoms with Gasteiger partial charge in [0.1, 0.15) is 0 Å². The minimum atomic E-state index is -0.670. The van der Waals surface area contributed by atoms with Crippen LogP contribution in [0.15, 0.2) is 0 Å². The molecule has 0 amide bonds. The Morgan fingerprint density at radius 2 is 2.18 bits per heavy atom. The van der Waals surface area contributed by atoms with Gasteiger partial charge in [-0.1, -0.05) is 26.2 Å². The normalized spacial score (nSPS) is 52.9. The minimum Gasteiger partial charge on any atom is -0.388 e. The molecule has 0 radical (unpaired) electrons. The van der Waals surface area contributed by atoms with Crippen molar-refractivity contribution in [1.82, 2.24) is 0 Å². The maximum absolute atomic E-state index is 11.2. The molecule has 2 nitrogen and oxygen atoms in total. The summed E-state index contributed by atoms with van der Waals surface area (Å²) in [6.07, 6.45) is 8.76. The van der Waals surface area contributed by atoms with Crippen molar-refractivity contribution in [2.45, 2.75) is 63.9 Å². The predicted molar refractivity (Wildman–Crippen MR) is 66.1 cm³/mol. The van der Waals surface area contributed by atoms with Gasteiger partial charge in [-0.2, -0.15) is 5.26 Å². The molecule has 3 aliphatic carbocycles. The monoisotopic (exact) mass is 233 g/mol. The van der Waals surface area contributed by atoms with Gasteiger partial charge in [0.25, 0.3) is 0 Å². The molecule has 2 heteroatoms. The van der Waals surface area contributed by atoms with Crippen LogP contribution in [0.3, 0.4) is 0 Å². The van der Waals surface area contributed by atoms with Crippen LogP contribution < -0.4 is 0 Å². The van der Waals surface area contributed by atoms with E-state index >= 15 is 0 Å². The molecule has 0 heterocycles. The smallest absolute Gasteiger partial charge is 0.0893 e. The van der Waals surface area contributed by atoms with Gasteiger partial charge in [-0.15, -0.1) is 0 Å². The second-order valence-electron chi connectivity index (χ2n) is 6.58. The van der Waals surface area contributed by atoms with E-state index in [0.29, 0.717) is 11.8 Å². The van der Waals surface area contributed by atoms with Crippen LogP contribution in [0.2, 0.25) is 0 Å². The summed E-state index contributed by atoms with van der Waals surface area (Å²) in [4.78, 5) is 0. The first-order valence-corrected chi connectivity index (χ1v) is 7.30. The van der Waals surface area contributed by atoms with Crippen LogP contribution in [0.5, 0.6) is 0 Å².